The molecule has 0 amide bonds. The third kappa shape index (κ3) is 2.79. The van der Waals surface area contributed by atoms with Gasteiger partial charge in [-0.05, 0) is 37.2 Å². The fourth-order valence-corrected chi connectivity index (χ4v) is 1.47. The summed E-state index contributed by atoms with van der Waals surface area (Å²) < 4.78 is 5.71. The number of rotatable bonds is 2. The van der Waals surface area contributed by atoms with Crippen molar-refractivity contribution in [1.82, 2.24) is 5.32 Å². The van der Waals surface area contributed by atoms with Gasteiger partial charge in [0.2, 0.25) is 0 Å². The first kappa shape index (κ1) is 11.1. The standard InChI is InChI=1S/C10H14N2O.ClH/c11-8-1-3-9(4-2-8)13-10-5-6-12-7-10;/h1-4,10,12H,5-7,11H2;1H/t10-;/m0./s1. The zero-order chi connectivity index (χ0) is 9.10. The predicted octanol–water partition coefficient (Wildman–Crippen LogP) is 1.43. The highest BCUT2D eigenvalue weighted by atomic mass is 35.5. The van der Waals surface area contributed by atoms with Crippen LogP contribution < -0.4 is 15.8 Å². The quantitative estimate of drug-likeness (QED) is 0.733. The minimum Gasteiger partial charge on any atom is -0.489 e. The molecule has 3 nitrogen and oxygen atoms in total. The molecule has 4 heteroatoms. The SMILES string of the molecule is Cl.Nc1ccc(O[C@H]2CCNC2)cc1. The van der Waals surface area contributed by atoms with E-state index in [1.54, 1.807) is 0 Å². The third-order valence-electron chi connectivity index (χ3n) is 2.20. The van der Waals surface area contributed by atoms with Gasteiger partial charge in [0.15, 0.2) is 0 Å². The van der Waals surface area contributed by atoms with Gasteiger partial charge in [-0.1, -0.05) is 0 Å². The summed E-state index contributed by atoms with van der Waals surface area (Å²) in [5.41, 5.74) is 6.34. The first-order chi connectivity index (χ1) is 6.34. The van der Waals surface area contributed by atoms with Crippen LogP contribution in [0.2, 0.25) is 0 Å². The molecule has 14 heavy (non-hydrogen) atoms. The lowest BCUT2D eigenvalue weighted by molar-refractivity contribution is 0.223. The molecule has 0 aliphatic carbocycles. The van der Waals surface area contributed by atoms with Gasteiger partial charge < -0.3 is 15.8 Å². The van der Waals surface area contributed by atoms with Crippen molar-refractivity contribution in [1.29, 1.82) is 0 Å². The first-order valence-corrected chi connectivity index (χ1v) is 4.57. The van der Waals surface area contributed by atoms with Gasteiger partial charge in [0.1, 0.15) is 11.9 Å². The average Bonchev–Trinajstić information content (AvgIpc) is 2.62. The van der Waals surface area contributed by atoms with Crippen LogP contribution in [0.4, 0.5) is 5.69 Å². The number of nitrogen functional groups attached to an aromatic ring is 1. The molecule has 1 saturated heterocycles. The van der Waals surface area contributed by atoms with Gasteiger partial charge in [0, 0.05) is 12.2 Å². The largest absolute Gasteiger partial charge is 0.489 e. The second-order valence-corrected chi connectivity index (χ2v) is 3.30. The van der Waals surface area contributed by atoms with Crippen LogP contribution >= 0.6 is 12.4 Å². The topological polar surface area (TPSA) is 47.3 Å². The van der Waals surface area contributed by atoms with E-state index in [0.29, 0.717) is 6.10 Å². The number of nitrogens with two attached hydrogens (primary N) is 1. The Kier molecular flexibility index (Phi) is 4.04. The molecule has 1 heterocycles. The van der Waals surface area contributed by atoms with Crippen LogP contribution in [0.25, 0.3) is 0 Å². The molecule has 1 atom stereocenters. The van der Waals surface area contributed by atoms with Gasteiger partial charge in [-0.15, -0.1) is 12.4 Å². The number of hydrogen-bond acceptors (Lipinski definition) is 3. The number of anilines is 1. The van der Waals surface area contributed by atoms with E-state index in [1.807, 2.05) is 24.3 Å². The van der Waals surface area contributed by atoms with Crippen LogP contribution in [-0.4, -0.2) is 19.2 Å². The Hall–Kier alpha value is -0.930. The lowest BCUT2D eigenvalue weighted by Crippen LogP contribution is -2.19. The summed E-state index contributed by atoms with van der Waals surface area (Å²) >= 11 is 0. The maximum atomic E-state index is 5.71. The van der Waals surface area contributed by atoms with Gasteiger partial charge in [-0.25, -0.2) is 0 Å². The molecular weight excluding hydrogens is 200 g/mol. The Morgan fingerprint density at radius 1 is 1.29 bits per heavy atom. The fourth-order valence-electron chi connectivity index (χ4n) is 1.47. The van der Waals surface area contributed by atoms with Crippen LogP contribution in [0.1, 0.15) is 6.42 Å². The molecule has 1 aliphatic rings. The van der Waals surface area contributed by atoms with Crippen LogP contribution in [0.5, 0.6) is 5.75 Å². The zero-order valence-corrected chi connectivity index (χ0v) is 8.72. The Morgan fingerprint density at radius 3 is 2.57 bits per heavy atom. The molecule has 0 radical (unpaired) electrons. The van der Waals surface area contributed by atoms with Crippen molar-refractivity contribution in [2.45, 2.75) is 12.5 Å². The molecule has 1 aromatic carbocycles. The van der Waals surface area contributed by atoms with Gasteiger partial charge in [-0.3, -0.25) is 0 Å². The van der Waals surface area contributed by atoms with Crippen molar-refractivity contribution in [2.75, 3.05) is 18.8 Å². The molecule has 78 valence electrons. The average molecular weight is 215 g/mol. The summed E-state index contributed by atoms with van der Waals surface area (Å²) in [6.07, 6.45) is 1.41. The highest BCUT2D eigenvalue weighted by Gasteiger charge is 2.15. The van der Waals surface area contributed by atoms with E-state index in [4.69, 9.17) is 10.5 Å². The molecule has 0 spiro atoms. The summed E-state index contributed by atoms with van der Waals surface area (Å²) in [5.74, 6) is 0.905. The molecule has 2 rings (SSSR count). The lowest BCUT2D eigenvalue weighted by Gasteiger charge is -2.11. The smallest absolute Gasteiger partial charge is 0.119 e. The van der Waals surface area contributed by atoms with E-state index in [-0.39, 0.29) is 12.4 Å². The highest BCUT2D eigenvalue weighted by molar-refractivity contribution is 5.85. The van der Waals surface area contributed by atoms with Gasteiger partial charge in [0.05, 0.1) is 0 Å². The highest BCUT2D eigenvalue weighted by Crippen LogP contribution is 2.16. The van der Waals surface area contributed by atoms with E-state index in [9.17, 15) is 0 Å². The molecule has 0 unspecified atom stereocenters. The normalized spacial score (nSPS) is 20.1. The summed E-state index contributed by atoms with van der Waals surface area (Å²) in [6.45, 7) is 2.00. The Bertz CT molecular complexity index is 270. The number of hydrogen-bond donors (Lipinski definition) is 2. The molecule has 3 N–H and O–H groups in total. The number of ether oxygens (including phenoxy) is 1. The Balaban J connectivity index is 0.000000980. The maximum absolute atomic E-state index is 5.71. The predicted molar refractivity (Wildman–Crippen MR) is 60.0 cm³/mol. The van der Waals surface area contributed by atoms with Crippen molar-refractivity contribution < 1.29 is 4.74 Å². The monoisotopic (exact) mass is 214 g/mol. The van der Waals surface area contributed by atoms with Crippen molar-refractivity contribution in [3.8, 4) is 5.75 Å². The van der Waals surface area contributed by atoms with E-state index in [0.717, 1.165) is 30.9 Å². The van der Waals surface area contributed by atoms with E-state index < -0.39 is 0 Å². The second kappa shape index (κ2) is 5.08. The van der Waals surface area contributed by atoms with Crippen molar-refractivity contribution in [3.05, 3.63) is 24.3 Å². The van der Waals surface area contributed by atoms with Crippen LogP contribution in [-0.2, 0) is 0 Å². The number of halogens is 1. The molecule has 0 saturated carbocycles. The summed E-state index contributed by atoms with van der Waals surface area (Å²) in [6, 6.07) is 7.54. The van der Waals surface area contributed by atoms with Crippen LogP contribution in [0.3, 0.4) is 0 Å². The van der Waals surface area contributed by atoms with Crippen molar-refractivity contribution >= 4 is 18.1 Å². The minimum atomic E-state index is 0. The van der Waals surface area contributed by atoms with E-state index in [1.165, 1.54) is 0 Å². The summed E-state index contributed by atoms with van der Waals surface area (Å²) in [5, 5.41) is 3.25. The number of benzene rings is 1. The molecule has 0 bridgehead atoms. The van der Waals surface area contributed by atoms with Crippen LogP contribution in [0, 0.1) is 0 Å². The third-order valence-corrected chi connectivity index (χ3v) is 2.20. The minimum absolute atomic E-state index is 0. The van der Waals surface area contributed by atoms with E-state index in [2.05, 4.69) is 5.32 Å². The molecular formula is C10H15ClN2O. The van der Waals surface area contributed by atoms with E-state index >= 15 is 0 Å². The van der Waals surface area contributed by atoms with Crippen molar-refractivity contribution in [3.63, 3.8) is 0 Å². The fraction of sp³-hybridized carbons (Fsp3) is 0.400. The molecule has 1 aromatic rings. The van der Waals surface area contributed by atoms with Gasteiger partial charge >= 0.3 is 0 Å². The second-order valence-electron chi connectivity index (χ2n) is 3.30. The number of nitrogens with one attached hydrogen (secondary N) is 1. The zero-order valence-electron chi connectivity index (χ0n) is 7.90. The maximum Gasteiger partial charge on any atom is 0.119 e. The Morgan fingerprint density at radius 2 is 2.00 bits per heavy atom. The van der Waals surface area contributed by atoms with Crippen LogP contribution in [0.15, 0.2) is 24.3 Å². The Labute approximate surface area is 90.0 Å². The first-order valence-electron chi connectivity index (χ1n) is 4.57. The molecule has 1 fully saturated rings. The van der Waals surface area contributed by atoms with Gasteiger partial charge in [-0.2, -0.15) is 0 Å². The summed E-state index contributed by atoms with van der Waals surface area (Å²) in [7, 11) is 0. The van der Waals surface area contributed by atoms with Gasteiger partial charge in [0.25, 0.3) is 0 Å². The molecule has 1 aliphatic heterocycles. The summed E-state index contributed by atoms with van der Waals surface area (Å²) in [4.78, 5) is 0. The molecule has 0 aromatic heterocycles. The van der Waals surface area contributed by atoms with Crippen molar-refractivity contribution in [2.24, 2.45) is 0 Å². The lowest BCUT2D eigenvalue weighted by atomic mass is 10.3.